The zero-order valence-electron chi connectivity index (χ0n) is 20.2. The van der Waals surface area contributed by atoms with Crippen LogP contribution in [0.25, 0.3) is 0 Å². The molecule has 0 aliphatic carbocycles. The minimum Gasteiger partial charge on any atom is -0.484 e. The Morgan fingerprint density at radius 2 is 1.58 bits per heavy atom. The summed E-state index contributed by atoms with van der Waals surface area (Å²) in [6.07, 6.45) is -0.445. The summed E-state index contributed by atoms with van der Waals surface area (Å²) < 4.78 is 39.2. The highest BCUT2D eigenvalue weighted by atomic mass is 35.5. The second kappa shape index (κ2) is 11.9. The monoisotopic (exact) mass is 570 g/mol. The topological polar surface area (TPSA) is 108 Å². The predicted octanol–water partition coefficient (Wildman–Crippen LogP) is 6.50. The number of benzene rings is 4. The SMILES string of the molecule is CC(Oc1ccc(C(=O)NS(=O)(=O)c2ccc(CN)cc2)c(Cl)c1Cl)c1cccc(Oc2ccccc2)c1. The highest BCUT2D eigenvalue weighted by Gasteiger charge is 2.23. The molecule has 4 aromatic rings. The van der Waals surface area contributed by atoms with Crippen LogP contribution in [0.1, 0.15) is 34.5 Å². The first-order valence-corrected chi connectivity index (χ1v) is 13.8. The van der Waals surface area contributed by atoms with Gasteiger partial charge in [0.1, 0.15) is 28.4 Å². The van der Waals surface area contributed by atoms with E-state index in [0.717, 1.165) is 11.1 Å². The highest BCUT2D eigenvalue weighted by Crippen LogP contribution is 2.37. The van der Waals surface area contributed by atoms with E-state index in [4.69, 9.17) is 38.4 Å². The van der Waals surface area contributed by atoms with E-state index in [1.807, 2.05) is 66.2 Å². The molecule has 3 N–H and O–H groups in total. The van der Waals surface area contributed by atoms with E-state index in [1.165, 1.54) is 24.3 Å². The Labute approximate surface area is 231 Å². The molecule has 0 aliphatic heterocycles. The number of carbonyl (C=O) groups excluding carboxylic acids is 1. The Balaban J connectivity index is 1.48. The van der Waals surface area contributed by atoms with Gasteiger partial charge in [0.15, 0.2) is 0 Å². The molecule has 0 aliphatic rings. The van der Waals surface area contributed by atoms with Gasteiger partial charge in [-0.2, -0.15) is 0 Å². The first-order chi connectivity index (χ1) is 18.2. The smallest absolute Gasteiger partial charge is 0.266 e. The molecule has 0 fully saturated rings. The first-order valence-electron chi connectivity index (χ1n) is 11.5. The molecule has 0 bridgehead atoms. The van der Waals surface area contributed by atoms with Crippen molar-refractivity contribution >= 4 is 39.1 Å². The first kappa shape index (κ1) is 27.5. The Bertz CT molecular complexity index is 1550. The van der Waals surface area contributed by atoms with E-state index in [9.17, 15) is 13.2 Å². The summed E-state index contributed by atoms with van der Waals surface area (Å²) in [5.74, 6) is 0.649. The third-order valence-electron chi connectivity index (χ3n) is 5.60. The zero-order valence-corrected chi connectivity index (χ0v) is 22.6. The summed E-state index contributed by atoms with van der Waals surface area (Å²) in [7, 11) is -4.14. The van der Waals surface area contributed by atoms with Crippen molar-refractivity contribution in [2.24, 2.45) is 5.73 Å². The van der Waals surface area contributed by atoms with Gasteiger partial charge in [0.2, 0.25) is 0 Å². The molecule has 196 valence electrons. The van der Waals surface area contributed by atoms with Crippen molar-refractivity contribution in [3.05, 3.63) is 118 Å². The molecule has 0 saturated carbocycles. The van der Waals surface area contributed by atoms with Crippen LogP contribution in [0.15, 0.2) is 95.9 Å². The third-order valence-corrected chi connectivity index (χ3v) is 7.81. The molecule has 7 nitrogen and oxygen atoms in total. The molecule has 0 saturated heterocycles. The van der Waals surface area contributed by atoms with E-state index >= 15 is 0 Å². The molecule has 10 heteroatoms. The maximum absolute atomic E-state index is 12.8. The van der Waals surface area contributed by atoms with E-state index in [2.05, 4.69) is 0 Å². The molecule has 4 rings (SSSR count). The quantitative estimate of drug-likeness (QED) is 0.237. The predicted molar refractivity (Wildman–Crippen MR) is 147 cm³/mol. The van der Waals surface area contributed by atoms with Crippen LogP contribution < -0.4 is 19.9 Å². The molecule has 1 amide bonds. The van der Waals surface area contributed by atoms with Gasteiger partial charge in [-0.25, -0.2) is 13.1 Å². The van der Waals surface area contributed by atoms with Crippen LogP contribution in [-0.4, -0.2) is 14.3 Å². The number of sulfonamides is 1. The average Bonchev–Trinajstić information content (AvgIpc) is 2.91. The second-order valence-electron chi connectivity index (χ2n) is 8.27. The number of amides is 1. The van der Waals surface area contributed by atoms with Gasteiger partial charge in [0.05, 0.1) is 15.5 Å². The fourth-order valence-electron chi connectivity index (χ4n) is 3.55. The van der Waals surface area contributed by atoms with Crippen LogP contribution in [0.3, 0.4) is 0 Å². The van der Waals surface area contributed by atoms with Gasteiger partial charge < -0.3 is 15.2 Å². The highest BCUT2D eigenvalue weighted by molar-refractivity contribution is 7.90. The van der Waals surface area contributed by atoms with Crippen molar-refractivity contribution in [1.82, 2.24) is 4.72 Å². The van der Waals surface area contributed by atoms with E-state index in [0.29, 0.717) is 11.5 Å². The van der Waals surface area contributed by atoms with Crippen molar-refractivity contribution in [3.63, 3.8) is 0 Å². The Morgan fingerprint density at radius 3 is 2.26 bits per heavy atom. The van der Waals surface area contributed by atoms with Gasteiger partial charge in [-0.15, -0.1) is 0 Å². The molecule has 4 aromatic carbocycles. The van der Waals surface area contributed by atoms with Crippen LogP contribution >= 0.6 is 23.2 Å². The summed E-state index contributed by atoms with van der Waals surface area (Å²) in [6, 6.07) is 25.5. The third kappa shape index (κ3) is 6.46. The van der Waals surface area contributed by atoms with Crippen LogP contribution in [0.2, 0.25) is 10.0 Å². The standard InChI is InChI=1S/C28H24Cl2N2O5S/c1-18(20-6-5-9-22(16-20)37-21-7-3-2-4-8-21)36-25-15-14-24(26(29)27(25)30)28(33)32-38(34,35)23-12-10-19(17-31)11-13-23/h2-16,18H,17,31H2,1H3,(H,32,33). The number of rotatable bonds is 9. The molecular formula is C28H24Cl2N2O5S. The Morgan fingerprint density at radius 1 is 0.895 bits per heavy atom. The lowest BCUT2D eigenvalue weighted by Gasteiger charge is -2.18. The summed E-state index contributed by atoms with van der Waals surface area (Å²) in [5, 5.41) is -0.156. The van der Waals surface area contributed by atoms with Gasteiger partial charge >= 0.3 is 0 Å². The molecule has 1 atom stereocenters. The summed E-state index contributed by atoms with van der Waals surface area (Å²) in [6.45, 7) is 2.09. The van der Waals surface area contributed by atoms with Crippen LogP contribution in [0, 0.1) is 0 Å². The number of halogens is 2. The maximum atomic E-state index is 12.8. The van der Waals surface area contributed by atoms with E-state index in [-0.39, 0.29) is 32.8 Å². The van der Waals surface area contributed by atoms with Crippen molar-refractivity contribution in [3.8, 4) is 17.2 Å². The lowest BCUT2D eigenvalue weighted by Crippen LogP contribution is -2.30. The fourth-order valence-corrected chi connectivity index (χ4v) is 4.97. The largest absolute Gasteiger partial charge is 0.484 e. The van der Waals surface area contributed by atoms with E-state index < -0.39 is 22.0 Å². The molecule has 1 unspecified atom stereocenters. The average molecular weight is 571 g/mol. The normalized spacial score (nSPS) is 12.0. The lowest BCUT2D eigenvalue weighted by molar-refractivity contribution is 0.0981. The fraction of sp³-hybridized carbons (Fsp3) is 0.107. The van der Waals surface area contributed by atoms with Gasteiger partial charge in [-0.3, -0.25) is 4.79 Å². The summed E-state index contributed by atoms with van der Waals surface area (Å²) in [5.41, 5.74) is 7.00. The second-order valence-corrected chi connectivity index (χ2v) is 10.7. The summed E-state index contributed by atoms with van der Waals surface area (Å²) in [4.78, 5) is 12.7. The van der Waals surface area contributed by atoms with Crippen LogP contribution in [-0.2, 0) is 16.6 Å². The molecule has 0 radical (unpaired) electrons. The van der Waals surface area contributed by atoms with Gasteiger partial charge in [0.25, 0.3) is 15.9 Å². The molecular weight excluding hydrogens is 547 g/mol. The van der Waals surface area contributed by atoms with Gasteiger partial charge in [0, 0.05) is 6.54 Å². The van der Waals surface area contributed by atoms with Crippen LogP contribution in [0.4, 0.5) is 0 Å². The number of ether oxygens (including phenoxy) is 2. The number of nitrogens with one attached hydrogen (secondary N) is 1. The minimum atomic E-state index is -4.14. The Kier molecular flexibility index (Phi) is 8.58. The number of hydrogen-bond donors (Lipinski definition) is 2. The number of nitrogens with two attached hydrogens (primary N) is 1. The minimum absolute atomic E-state index is 0.0208. The van der Waals surface area contributed by atoms with Crippen molar-refractivity contribution in [2.45, 2.75) is 24.5 Å². The number of carbonyl (C=O) groups is 1. The zero-order chi connectivity index (χ0) is 27.3. The van der Waals surface area contributed by atoms with Gasteiger partial charge in [-0.05, 0) is 66.6 Å². The van der Waals surface area contributed by atoms with Crippen molar-refractivity contribution < 1.29 is 22.7 Å². The molecule has 38 heavy (non-hydrogen) atoms. The van der Waals surface area contributed by atoms with Crippen LogP contribution in [0.5, 0.6) is 17.2 Å². The molecule has 0 spiro atoms. The number of para-hydroxylation sites is 1. The van der Waals surface area contributed by atoms with E-state index in [1.54, 1.807) is 12.1 Å². The molecule has 0 aromatic heterocycles. The van der Waals surface area contributed by atoms with Crippen molar-refractivity contribution in [2.75, 3.05) is 0 Å². The number of hydrogen-bond acceptors (Lipinski definition) is 6. The Hall–Kier alpha value is -3.56. The van der Waals surface area contributed by atoms with Gasteiger partial charge in [-0.1, -0.05) is 65.7 Å². The summed E-state index contributed by atoms with van der Waals surface area (Å²) >= 11 is 12.8. The molecule has 0 heterocycles. The lowest BCUT2D eigenvalue weighted by atomic mass is 10.1. The maximum Gasteiger partial charge on any atom is 0.266 e. The van der Waals surface area contributed by atoms with Crippen molar-refractivity contribution in [1.29, 1.82) is 0 Å².